The van der Waals surface area contributed by atoms with Crippen LogP contribution in [0.25, 0.3) is 0 Å². The first-order valence-corrected chi connectivity index (χ1v) is 8.08. The van der Waals surface area contributed by atoms with Crippen LogP contribution in [-0.4, -0.2) is 23.0 Å². The van der Waals surface area contributed by atoms with E-state index in [1.165, 1.54) is 31.2 Å². The molecule has 2 atom stereocenters. The van der Waals surface area contributed by atoms with Crippen molar-refractivity contribution in [2.24, 2.45) is 0 Å². The topological polar surface area (TPSA) is 41.5 Å². The zero-order valence-corrected chi connectivity index (χ0v) is 13.7. The van der Waals surface area contributed by atoms with Crippen molar-refractivity contribution >= 4 is 0 Å². The minimum atomic E-state index is -0.569. The number of hydrogen-bond acceptors (Lipinski definition) is 3. The highest BCUT2D eigenvalue weighted by Crippen LogP contribution is 2.38. The standard InChI is InChI=1S/C18H29NO2/c1-13(20)17(19-18(2,3)4)21-16-12-8-7-11-15(16)14-9-5-6-10-14/h7-8,11-14,17,19-20H,5-6,9-10H2,1-4H3. The van der Waals surface area contributed by atoms with Crippen LogP contribution in [0.5, 0.6) is 5.75 Å². The van der Waals surface area contributed by atoms with Crippen LogP contribution in [0.1, 0.15) is 64.9 Å². The van der Waals surface area contributed by atoms with Gasteiger partial charge in [0.15, 0.2) is 6.23 Å². The van der Waals surface area contributed by atoms with Gasteiger partial charge < -0.3 is 9.84 Å². The molecule has 0 aromatic heterocycles. The van der Waals surface area contributed by atoms with Gasteiger partial charge in [0.25, 0.3) is 0 Å². The van der Waals surface area contributed by atoms with E-state index in [0.29, 0.717) is 5.92 Å². The average molecular weight is 291 g/mol. The zero-order valence-electron chi connectivity index (χ0n) is 13.7. The Morgan fingerprint density at radius 2 is 1.81 bits per heavy atom. The molecule has 1 aromatic rings. The first-order chi connectivity index (χ1) is 9.87. The van der Waals surface area contributed by atoms with Crippen molar-refractivity contribution in [3.63, 3.8) is 0 Å². The Balaban J connectivity index is 2.16. The molecule has 0 amide bonds. The molecule has 0 spiro atoms. The molecular formula is C18H29NO2. The molecule has 21 heavy (non-hydrogen) atoms. The Bertz CT molecular complexity index is 445. The fourth-order valence-electron chi connectivity index (χ4n) is 2.97. The van der Waals surface area contributed by atoms with Gasteiger partial charge in [-0.25, -0.2) is 0 Å². The zero-order chi connectivity index (χ0) is 15.5. The highest BCUT2D eigenvalue weighted by molar-refractivity contribution is 5.37. The largest absolute Gasteiger partial charge is 0.472 e. The maximum absolute atomic E-state index is 10.0. The molecule has 118 valence electrons. The number of benzene rings is 1. The normalized spacial score (nSPS) is 19.5. The molecule has 2 unspecified atom stereocenters. The average Bonchev–Trinajstić information content (AvgIpc) is 2.90. The lowest BCUT2D eigenvalue weighted by molar-refractivity contribution is 0.0105. The summed E-state index contributed by atoms with van der Waals surface area (Å²) in [5.74, 6) is 1.51. The Labute approximate surface area is 128 Å². The lowest BCUT2D eigenvalue weighted by Gasteiger charge is -2.31. The number of aliphatic hydroxyl groups is 1. The molecule has 1 aliphatic carbocycles. The highest BCUT2D eigenvalue weighted by atomic mass is 16.5. The van der Waals surface area contributed by atoms with Crippen molar-refractivity contribution in [3.05, 3.63) is 29.8 Å². The van der Waals surface area contributed by atoms with Gasteiger partial charge in [-0.2, -0.15) is 0 Å². The fraction of sp³-hybridized carbons (Fsp3) is 0.667. The van der Waals surface area contributed by atoms with Crippen LogP contribution in [0.2, 0.25) is 0 Å². The van der Waals surface area contributed by atoms with Gasteiger partial charge in [-0.15, -0.1) is 0 Å². The van der Waals surface area contributed by atoms with Gasteiger partial charge in [0.2, 0.25) is 0 Å². The molecule has 0 heterocycles. The van der Waals surface area contributed by atoms with Crippen LogP contribution < -0.4 is 10.1 Å². The van der Waals surface area contributed by atoms with E-state index in [2.05, 4.69) is 38.2 Å². The smallest absolute Gasteiger partial charge is 0.176 e. The second kappa shape index (κ2) is 6.80. The molecule has 0 bridgehead atoms. The molecule has 0 saturated heterocycles. The Kier molecular flexibility index (Phi) is 5.28. The maximum atomic E-state index is 10.0. The minimum absolute atomic E-state index is 0.107. The van der Waals surface area contributed by atoms with Crippen LogP contribution in [0.15, 0.2) is 24.3 Å². The summed E-state index contributed by atoms with van der Waals surface area (Å²) in [5.41, 5.74) is 1.18. The Hall–Kier alpha value is -1.06. The predicted octanol–water partition coefficient (Wildman–Crippen LogP) is 3.82. The molecule has 1 saturated carbocycles. The van der Waals surface area contributed by atoms with Gasteiger partial charge in [0, 0.05) is 5.54 Å². The van der Waals surface area contributed by atoms with E-state index in [9.17, 15) is 5.11 Å². The monoisotopic (exact) mass is 291 g/mol. The predicted molar refractivity (Wildman–Crippen MR) is 86.6 cm³/mol. The van der Waals surface area contributed by atoms with Crippen molar-refractivity contribution in [3.8, 4) is 5.75 Å². The summed E-state index contributed by atoms with van der Waals surface area (Å²) in [6.45, 7) is 8.00. The second-order valence-corrected chi connectivity index (χ2v) is 7.19. The first kappa shape index (κ1) is 16.3. The summed E-state index contributed by atoms with van der Waals surface area (Å²) in [7, 11) is 0. The molecule has 0 radical (unpaired) electrons. The van der Waals surface area contributed by atoms with Crippen molar-refractivity contribution in [1.29, 1.82) is 0 Å². The lowest BCUT2D eigenvalue weighted by Crippen LogP contribution is -2.51. The third-order valence-corrected chi connectivity index (χ3v) is 3.98. The van der Waals surface area contributed by atoms with E-state index in [1.54, 1.807) is 6.92 Å². The van der Waals surface area contributed by atoms with Crippen molar-refractivity contribution < 1.29 is 9.84 Å². The van der Waals surface area contributed by atoms with Gasteiger partial charge in [0.1, 0.15) is 11.9 Å². The van der Waals surface area contributed by atoms with Gasteiger partial charge in [-0.3, -0.25) is 5.32 Å². The summed E-state index contributed by atoms with van der Waals surface area (Å²) < 4.78 is 6.13. The Morgan fingerprint density at radius 3 is 2.38 bits per heavy atom. The number of ether oxygens (including phenoxy) is 1. The number of aliphatic hydroxyl groups excluding tert-OH is 1. The third-order valence-electron chi connectivity index (χ3n) is 3.98. The maximum Gasteiger partial charge on any atom is 0.176 e. The van der Waals surface area contributed by atoms with Crippen LogP contribution in [-0.2, 0) is 0 Å². The molecule has 0 aliphatic heterocycles. The van der Waals surface area contributed by atoms with Crippen LogP contribution in [0.3, 0.4) is 0 Å². The summed E-state index contributed by atoms with van der Waals surface area (Å²) >= 11 is 0. The van der Waals surface area contributed by atoms with E-state index in [4.69, 9.17) is 4.74 Å². The SMILES string of the molecule is CC(O)C(NC(C)(C)C)Oc1ccccc1C1CCCC1. The quantitative estimate of drug-likeness (QED) is 0.810. The van der Waals surface area contributed by atoms with Gasteiger partial charge >= 0.3 is 0 Å². The lowest BCUT2D eigenvalue weighted by atomic mass is 9.97. The molecule has 1 aliphatic rings. The fourth-order valence-corrected chi connectivity index (χ4v) is 2.97. The van der Waals surface area contributed by atoms with E-state index in [-0.39, 0.29) is 5.54 Å². The summed E-state index contributed by atoms with van der Waals surface area (Å²) in [4.78, 5) is 0. The molecule has 3 heteroatoms. The number of nitrogens with one attached hydrogen (secondary N) is 1. The van der Waals surface area contributed by atoms with Crippen molar-refractivity contribution in [1.82, 2.24) is 5.32 Å². The van der Waals surface area contributed by atoms with Crippen LogP contribution in [0.4, 0.5) is 0 Å². The van der Waals surface area contributed by atoms with E-state index < -0.39 is 12.3 Å². The van der Waals surface area contributed by atoms with Gasteiger partial charge in [-0.05, 0) is 58.1 Å². The molecule has 1 fully saturated rings. The molecule has 2 rings (SSSR count). The van der Waals surface area contributed by atoms with Crippen LogP contribution >= 0.6 is 0 Å². The molecule has 2 N–H and O–H groups in total. The minimum Gasteiger partial charge on any atom is -0.472 e. The second-order valence-electron chi connectivity index (χ2n) is 7.19. The first-order valence-electron chi connectivity index (χ1n) is 8.08. The molecule has 3 nitrogen and oxygen atoms in total. The van der Waals surface area contributed by atoms with Crippen molar-refractivity contribution in [2.75, 3.05) is 0 Å². The highest BCUT2D eigenvalue weighted by Gasteiger charge is 2.26. The number of para-hydroxylation sites is 1. The summed E-state index contributed by atoms with van der Waals surface area (Å²) in [6.07, 6.45) is 4.13. The summed E-state index contributed by atoms with van der Waals surface area (Å²) in [5, 5.41) is 13.4. The summed E-state index contributed by atoms with van der Waals surface area (Å²) in [6, 6.07) is 8.27. The van der Waals surface area contributed by atoms with E-state index in [1.807, 2.05) is 12.1 Å². The van der Waals surface area contributed by atoms with Gasteiger partial charge in [0.05, 0.1) is 0 Å². The van der Waals surface area contributed by atoms with Crippen molar-refractivity contribution in [2.45, 2.75) is 77.2 Å². The number of hydrogen-bond donors (Lipinski definition) is 2. The Morgan fingerprint density at radius 1 is 1.19 bits per heavy atom. The number of rotatable bonds is 5. The van der Waals surface area contributed by atoms with Gasteiger partial charge in [-0.1, -0.05) is 31.0 Å². The van der Waals surface area contributed by atoms with E-state index >= 15 is 0 Å². The van der Waals surface area contributed by atoms with Crippen LogP contribution in [0, 0.1) is 0 Å². The molecule has 1 aromatic carbocycles. The third kappa shape index (κ3) is 4.72. The molecular weight excluding hydrogens is 262 g/mol. The van der Waals surface area contributed by atoms with E-state index in [0.717, 1.165) is 5.75 Å².